The molecule has 4 aromatic rings. The molecule has 0 bridgehead atoms. The summed E-state index contributed by atoms with van der Waals surface area (Å²) < 4.78 is 10.9. The monoisotopic (exact) mass is 363 g/mol. The number of aromatic amines is 1. The number of imidazole rings is 1. The largest absolute Gasteiger partial charge is 0.458 e. The highest BCUT2D eigenvalue weighted by Gasteiger charge is 2.16. The number of H-pyrrole nitrogens is 1. The second-order valence-electron chi connectivity index (χ2n) is 6.37. The number of likely N-dealkylation sites (N-methyl/N-ethyl adjacent to an activating group) is 1. The molecule has 0 atom stereocenters. The fourth-order valence-corrected chi connectivity index (χ4v) is 2.95. The molecule has 0 saturated heterocycles. The Labute approximate surface area is 157 Å². The zero-order valence-electron chi connectivity index (χ0n) is 15.6. The van der Waals surface area contributed by atoms with E-state index in [2.05, 4.69) is 32.0 Å². The quantitative estimate of drug-likeness (QED) is 0.563. The number of aromatic nitrogens is 4. The van der Waals surface area contributed by atoms with Crippen molar-refractivity contribution in [2.45, 2.75) is 6.92 Å². The number of fused-ring (bicyclic) bond motifs is 1. The van der Waals surface area contributed by atoms with Crippen molar-refractivity contribution in [1.29, 1.82) is 0 Å². The summed E-state index contributed by atoms with van der Waals surface area (Å²) in [4.78, 5) is 18.9. The van der Waals surface area contributed by atoms with Gasteiger partial charge in [-0.1, -0.05) is 12.1 Å². The molecule has 7 heteroatoms. The Hall–Kier alpha value is -3.19. The molecule has 0 aliphatic rings. The molecule has 138 valence electrons. The molecule has 0 spiro atoms. The van der Waals surface area contributed by atoms with Gasteiger partial charge >= 0.3 is 0 Å². The fourth-order valence-electron chi connectivity index (χ4n) is 2.95. The van der Waals surface area contributed by atoms with E-state index in [1.54, 1.807) is 13.4 Å². The molecule has 7 nitrogen and oxygen atoms in total. The molecule has 0 saturated carbocycles. The first kappa shape index (κ1) is 17.2. The van der Waals surface area contributed by atoms with Crippen molar-refractivity contribution >= 4 is 16.9 Å². The van der Waals surface area contributed by atoms with Crippen LogP contribution in [0.4, 0.5) is 5.69 Å². The number of hydrogen-bond donors (Lipinski definition) is 1. The van der Waals surface area contributed by atoms with Gasteiger partial charge in [0.2, 0.25) is 0 Å². The number of nitrogens with one attached hydrogen (secondary N) is 1. The minimum Gasteiger partial charge on any atom is -0.458 e. The van der Waals surface area contributed by atoms with Crippen LogP contribution < -0.4 is 4.90 Å². The van der Waals surface area contributed by atoms with E-state index in [1.165, 1.54) is 0 Å². The van der Waals surface area contributed by atoms with Crippen molar-refractivity contribution < 1.29 is 9.15 Å². The van der Waals surface area contributed by atoms with Crippen molar-refractivity contribution in [3.05, 3.63) is 48.5 Å². The van der Waals surface area contributed by atoms with Crippen molar-refractivity contribution in [3.63, 3.8) is 0 Å². The SMILES string of the molecule is COCCN(C)c1cccc(-c2nc(-c3ccc(C)o3)nc3nc[nH]c23)c1. The second-order valence-corrected chi connectivity index (χ2v) is 6.37. The third kappa shape index (κ3) is 3.41. The highest BCUT2D eigenvalue weighted by atomic mass is 16.5. The molecule has 4 rings (SSSR count). The second kappa shape index (κ2) is 7.20. The molecule has 0 radical (unpaired) electrons. The number of benzene rings is 1. The number of aryl methyl sites for hydroxylation is 1. The number of ether oxygens (including phenoxy) is 1. The summed E-state index contributed by atoms with van der Waals surface area (Å²) in [6.07, 6.45) is 1.63. The molecule has 0 aliphatic heterocycles. The van der Waals surface area contributed by atoms with Gasteiger partial charge in [-0.2, -0.15) is 0 Å². The third-order valence-corrected chi connectivity index (χ3v) is 4.44. The predicted molar refractivity (Wildman–Crippen MR) is 105 cm³/mol. The van der Waals surface area contributed by atoms with Gasteiger partial charge in [-0.05, 0) is 31.2 Å². The van der Waals surface area contributed by atoms with E-state index in [-0.39, 0.29) is 0 Å². The van der Waals surface area contributed by atoms with Crippen LogP contribution in [-0.4, -0.2) is 47.2 Å². The average Bonchev–Trinajstić information content (AvgIpc) is 3.34. The van der Waals surface area contributed by atoms with E-state index in [0.717, 1.165) is 34.8 Å². The van der Waals surface area contributed by atoms with Crippen molar-refractivity contribution in [2.75, 3.05) is 32.2 Å². The van der Waals surface area contributed by atoms with Crippen LogP contribution in [0, 0.1) is 6.92 Å². The molecular weight excluding hydrogens is 342 g/mol. The Morgan fingerprint density at radius 3 is 2.85 bits per heavy atom. The van der Waals surface area contributed by atoms with E-state index < -0.39 is 0 Å². The number of nitrogens with zero attached hydrogens (tertiary/aromatic N) is 4. The van der Waals surface area contributed by atoms with Gasteiger partial charge in [0.25, 0.3) is 0 Å². The van der Waals surface area contributed by atoms with Crippen LogP contribution in [0.25, 0.3) is 34.0 Å². The molecule has 0 aliphatic carbocycles. The van der Waals surface area contributed by atoms with E-state index in [9.17, 15) is 0 Å². The van der Waals surface area contributed by atoms with Crippen LogP contribution in [0.2, 0.25) is 0 Å². The van der Waals surface area contributed by atoms with Gasteiger partial charge in [0, 0.05) is 32.0 Å². The van der Waals surface area contributed by atoms with Crippen LogP contribution in [0.5, 0.6) is 0 Å². The molecule has 3 aromatic heterocycles. The standard InChI is InChI=1S/C20H21N5O2/c1-13-7-8-16(27-13)19-23-17(18-20(24-19)22-12-21-18)14-5-4-6-15(11-14)25(2)9-10-26-3/h4-8,11-12H,9-10H2,1-3H3,(H,21,22,23,24). The lowest BCUT2D eigenvalue weighted by Crippen LogP contribution is -2.21. The highest BCUT2D eigenvalue weighted by molar-refractivity contribution is 5.89. The summed E-state index contributed by atoms with van der Waals surface area (Å²) in [5.41, 5.74) is 4.29. The topological polar surface area (TPSA) is 80.1 Å². The zero-order chi connectivity index (χ0) is 18.8. The number of rotatable bonds is 6. The van der Waals surface area contributed by atoms with Gasteiger partial charge in [0.15, 0.2) is 17.2 Å². The average molecular weight is 363 g/mol. The summed E-state index contributed by atoms with van der Waals surface area (Å²) in [6.45, 7) is 3.37. The van der Waals surface area contributed by atoms with Crippen molar-refractivity contribution in [1.82, 2.24) is 19.9 Å². The third-order valence-electron chi connectivity index (χ3n) is 4.44. The molecule has 1 aromatic carbocycles. The Morgan fingerprint density at radius 2 is 2.07 bits per heavy atom. The molecule has 0 unspecified atom stereocenters. The summed E-state index contributed by atoms with van der Waals surface area (Å²) in [5.74, 6) is 1.97. The lowest BCUT2D eigenvalue weighted by atomic mass is 10.1. The molecule has 0 fully saturated rings. The normalized spacial score (nSPS) is 11.2. The number of anilines is 1. The Balaban J connectivity index is 1.80. The van der Waals surface area contributed by atoms with Crippen LogP contribution in [0.1, 0.15) is 5.76 Å². The van der Waals surface area contributed by atoms with Crippen molar-refractivity contribution in [2.24, 2.45) is 0 Å². The van der Waals surface area contributed by atoms with Crippen LogP contribution in [0.15, 0.2) is 47.1 Å². The summed E-state index contributed by atoms with van der Waals surface area (Å²) in [6, 6.07) is 12.0. The number of hydrogen-bond acceptors (Lipinski definition) is 6. The molecular formula is C20H21N5O2. The van der Waals surface area contributed by atoms with Crippen LogP contribution in [0.3, 0.4) is 0 Å². The number of furan rings is 1. The minimum absolute atomic E-state index is 0.524. The van der Waals surface area contributed by atoms with Crippen LogP contribution >= 0.6 is 0 Å². The van der Waals surface area contributed by atoms with E-state index in [0.29, 0.717) is 23.8 Å². The smallest absolute Gasteiger partial charge is 0.198 e. The maximum Gasteiger partial charge on any atom is 0.198 e. The predicted octanol–water partition coefficient (Wildman–Crippen LogP) is 3.67. The Morgan fingerprint density at radius 1 is 1.19 bits per heavy atom. The molecule has 1 N–H and O–H groups in total. The molecule has 0 amide bonds. The first-order chi connectivity index (χ1) is 13.2. The van der Waals surface area contributed by atoms with Crippen molar-refractivity contribution in [3.8, 4) is 22.8 Å². The molecule has 3 heterocycles. The number of methoxy groups -OCH3 is 1. The zero-order valence-corrected chi connectivity index (χ0v) is 15.6. The summed E-state index contributed by atoms with van der Waals surface area (Å²) in [7, 11) is 3.75. The van der Waals surface area contributed by atoms with Gasteiger partial charge in [-0.25, -0.2) is 15.0 Å². The van der Waals surface area contributed by atoms with Gasteiger partial charge in [0.05, 0.1) is 12.9 Å². The van der Waals surface area contributed by atoms with Gasteiger partial charge in [-0.15, -0.1) is 0 Å². The van der Waals surface area contributed by atoms with Gasteiger partial charge in [0.1, 0.15) is 17.0 Å². The lowest BCUT2D eigenvalue weighted by Gasteiger charge is -2.19. The first-order valence-electron chi connectivity index (χ1n) is 8.74. The van der Waals surface area contributed by atoms with E-state index in [1.807, 2.05) is 38.2 Å². The minimum atomic E-state index is 0.524. The lowest BCUT2D eigenvalue weighted by molar-refractivity contribution is 0.206. The maximum atomic E-state index is 5.71. The van der Waals surface area contributed by atoms with E-state index >= 15 is 0 Å². The Bertz CT molecular complexity index is 1070. The maximum absolute atomic E-state index is 5.71. The molecule has 27 heavy (non-hydrogen) atoms. The van der Waals surface area contributed by atoms with E-state index in [4.69, 9.17) is 14.1 Å². The highest BCUT2D eigenvalue weighted by Crippen LogP contribution is 2.30. The first-order valence-corrected chi connectivity index (χ1v) is 8.74. The van der Waals surface area contributed by atoms with Gasteiger partial charge < -0.3 is 19.0 Å². The van der Waals surface area contributed by atoms with Gasteiger partial charge in [-0.3, -0.25) is 0 Å². The van der Waals surface area contributed by atoms with Crippen LogP contribution in [-0.2, 0) is 4.74 Å². The fraction of sp³-hybridized carbons (Fsp3) is 0.250. The Kier molecular flexibility index (Phi) is 4.60. The summed E-state index contributed by atoms with van der Waals surface area (Å²) in [5, 5.41) is 0. The summed E-state index contributed by atoms with van der Waals surface area (Å²) >= 11 is 0.